The van der Waals surface area contributed by atoms with Gasteiger partial charge in [-0.3, -0.25) is 4.90 Å². The molecule has 0 aliphatic heterocycles. The molecule has 4 heteroatoms. The molecule has 0 fully saturated rings. The van der Waals surface area contributed by atoms with E-state index in [0.717, 1.165) is 10.0 Å². The highest BCUT2D eigenvalue weighted by atomic mass is 79.9. The molecule has 0 aliphatic carbocycles. The number of alkyl halides is 2. The fourth-order valence-corrected chi connectivity index (χ4v) is 1.47. The average Bonchev–Trinajstić information content (AvgIpc) is 2.07. The first kappa shape index (κ1) is 11.6. The van der Waals surface area contributed by atoms with E-state index in [1.54, 1.807) is 11.9 Å². The minimum atomic E-state index is -2.27. The lowest BCUT2D eigenvalue weighted by molar-refractivity contribution is 0.0975. The molecule has 0 aliphatic rings. The third-order valence-electron chi connectivity index (χ3n) is 1.82. The standard InChI is InChI=1S/C10H12BrF2N/c1-14(7-10(12)13)6-8-2-4-9(11)5-3-8/h2-5,10H,6-7H2,1H3. The van der Waals surface area contributed by atoms with Crippen LogP contribution in [0.3, 0.4) is 0 Å². The average molecular weight is 264 g/mol. The molecule has 0 atom stereocenters. The van der Waals surface area contributed by atoms with Gasteiger partial charge in [0.2, 0.25) is 0 Å². The van der Waals surface area contributed by atoms with Gasteiger partial charge in [-0.25, -0.2) is 8.78 Å². The van der Waals surface area contributed by atoms with Crippen LogP contribution in [0, 0.1) is 0 Å². The molecule has 1 aromatic carbocycles. The van der Waals surface area contributed by atoms with Gasteiger partial charge in [0, 0.05) is 11.0 Å². The van der Waals surface area contributed by atoms with Crippen LogP contribution in [-0.2, 0) is 6.54 Å². The second kappa shape index (κ2) is 5.41. The van der Waals surface area contributed by atoms with E-state index in [9.17, 15) is 8.78 Å². The molecule has 0 N–H and O–H groups in total. The van der Waals surface area contributed by atoms with E-state index < -0.39 is 6.43 Å². The minimum Gasteiger partial charge on any atom is -0.297 e. The van der Waals surface area contributed by atoms with E-state index in [0.29, 0.717) is 6.54 Å². The summed E-state index contributed by atoms with van der Waals surface area (Å²) in [5.74, 6) is 0. The van der Waals surface area contributed by atoms with Gasteiger partial charge in [-0.1, -0.05) is 28.1 Å². The smallest absolute Gasteiger partial charge is 0.251 e. The molecule has 0 unspecified atom stereocenters. The molecule has 1 aromatic rings. The van der Waals surface area contributed by atoms with Crippen LogP contribution in [0.1, 0.15) is 5.56 Å². The monoisotopic (exact) mass is 263 g/mol. The topological polar surface area (TPSA) is 3.24 Å². The van der Waals surface area contributed by atoms with Gasteiger partial charge < -0.3 is 0 Å². The molecule has 0 aromatic heterocycles. The van der Waals surface area contributed by atoms with Gasteiger partial charge in [0.15, 0.2) is 0 Å². The second-order valence-electron chi connectivity index (χ2n) is 3.21. The summed E-state index contributed by atoms with van der Waals surface area (Å²) in [6.45, 7) is 0.369. The molecule has 0 radical (unpaired) electrons. The van der Waals surface area contributed by atoms with Crippen LogP contribution in [-0.4, -0.2) is 24.9 Å². The Kier molecular flexibility index (Phi) is 4.48. The maximum Gasteiger partial charge on any atom is 0.251 e. The Labute approximate surface area is 90.8 Å². The third-order valence-corrected chi connectivity index (χ3v) is 2.34. The van der Waals surface area contributed by atoms with Crippen molar-refractivity contribution in [2.75, 3.05) is 13.6 Å². The Bertz CT molecular complexity index is 274. The summed E-state index contributed by atoms with van der Waals surface area (Å²) in [7, 11) is 1.69. The Hall–Kier alpha value is -0.480. The van der Waals surface area contributed by atoms with Crippen molar-refractivity contribution in [1.29, 1.82) is 0 Å². The SMILES string of the molecule is CN(Cc1ccc(Br)cc1)CC(F)F. The second-order valence-corrected chi connectivity index (χ2v) is 4.13. The molecule has 0 saturated heterocycles. The van der Waals surface area contributed by atoms with E-state index in [1.807, 2.05) is 24.3 Å². The van der Waals surface area contributed by atoms with Gasteiger partial charge in [0.25, 0.3) is 6.43 Å². The van der Waals surface area contributed by atoms with E-state index in [4.69, 9.17) is 0 Å². The van der Waals surface area contributed by atoms with Crippen LogP contribution >= 0.6 is 15.9 Å². The van der Waals surface area contributed by atoms with Crippen molar-refractivity contribution in [3.8, 4) is 0 Å². The molecule has 0 heterocycles. The molecule has 1 rings (SSSR count). The van der Waals surface area contributed by atoms with Crippen LogP contribution in [0.15, 0.2) is 28.7 Å². The predicted molar refractivity (Wildman–Crippen MR) is 56.5 cm³/mol. The summed E-state index contributed by atoms with van der Waals surface area (Å²) in [6, 6.07) is 7.66. The summed E-state index contributed by atoms with van der Waals surface area (Å²) in [5.41, 5.74) is 1.04. The quantitative estimate of drug-likeness (QED) is 0.807. The van der Waals surface area contributed by atoms with Gasteiger partial charge in [-0.15, -0.1) is 0 Å². The van der Waals surface area contributed by atoms with Crippen LogP contribution in [0.2, 0.25) is 0 Å². The number of benzene rings is 1. The van der Waals surface area contributed by atoms with E-state index in [2.05, 4.69) is 15.9 Å². The highest BCUT2D eigenvalue weighted by Gasteiger charge is 2.07. The molecular formula is C10H12BrF2N. The minimum absolute atomic E-state index is 0.184. The van der Waals surface area contributed by atoms with Gasteiger partial charge >= 0.3 is 0 Å². The molecule has 1 nitrogen and oxygen atoms in total. The number of hydrogen-bond acceptors (Lipinski definition) is 1. The zero-order chi connectivity index (χ0) is 10.6. The fourth-order valence-electron chi connectivity index (χ4n) is 1.20. The number of halogens is 3. The van der Waals surface area contributed by atoms with Crippen molar-refractivity contribution < 1.29 is 8.78 Å². The number of rotatable bonds is 4. The van der Waals surface area contributed by atoms with Crippen LogP contribution < -0.4 is 0 Å². The van der Waals surface area contributed by atoms with Crippen molar-refractivity contribution in [2.24, 2.45) is 0 Å². The summed E-state index contributed by atoms with van der Waals surface area (Å²) in [4.78, 5) is 1.61. The molecule has 0 spiro atoms. The lowest BCUT2D eigenvalue weighted by Gasteiger charge is -2.15. The summed E-state index contributed by atoms with van der Waals surface area (Å²) < 4.78 is 25.0. The molecule has 0 amide bonds. The summed E-state index contributed by atoms with van der Waals surface area (Å²) in [5, 5.41) is 0. The number of nitrogens with zero attached hydrogens (tertiary/aromatic N) is 1. The zero-order valence-corrected chi connectivity index (χ0v) is 9.47. The van der Waals surface area contributed by atoms with Crippen molar-refractivity contribution in [3.63, 3.8) is 0 Å². The van der Waals surface area contributed by atoms with Crippen LogP contribution in [0.5, 0.6) is 0 Å². The van der Waals surface area contributed by atoms with E-state index in [-0.39, 0.29) is 6.54 Å². The lowest BCUT2D eigenvalue weighted by Crippen LogP contribution is -2.23. The summed E-state index contributed by atoms with van der Waals surface area (Å²) in [6.07, 6.45) is -2.27. The maximum atomic E-state index is 12.0. The molecule has 0 saturated carbocycles. The van der Waals surface area contributed by atoms with Crippen molar-refractivity contribution in [1.82, 2.24) is 4.90 Å². The van der Waals surface area contributed by atoms with Gasteiger partial charge in [-0.05, 0) is 24.7 Å². The lowest BCUT2D eigenvalue weighted by atomic mass is 10.2. The Morgan fingerprint density at radius 1 is 1.29 bits per heavy atom. The Balaban J connectivity index is 2.47. The van der Waals surface area contributed by atoms with Gasteiger partial charge in [0.05, 0.1) is 6.54 Å². The van der Waals surface area contributed by atoms with Crippen molar-refractivity contribution >= 4 is 15.9 Å². The summed E-state index contributed by atoms with van der Waals surface area (Å²) >= 11 is 3.32. The number of hydrogen-bond donors (Lipinski definition) is 0. The molecule has 14 heavy (non-hydrogen) atoms. The van der Waals surface area contributed by atoms with Gasteiger partial charge in [-0.2, -0.15) is 0 Å². The predicted octanol–water partition coefficient (Wildman–Crippen LogP) is 3.15. The third kappa shape index (κ3) is 4.15. The van der Waals surface area contributed by atoms with Crippen molar-refractivity contribution in [2.45, 2.75) is 13.0 Å². The first-order chi connectivity index (χ1) is 6.58. The first-order valence-corrected chi connectivity index (χ1v) is 5.08. The highest BCUT2D eigenvalue weighted by Crippen LogP contribution is 2.12. The molecule has 78 valence electrons. The fraction of sp³-hybridized carbons (Fsp3) is 0.400. The highest BCUT2D eigenvalue weighted by molar-refractivity contribution is 9.10. The zero-order valence-electron chi connectivity index (χ0n) is 7.88. The molecule has 0 bridgehead atoms. The van der Waals surface area contributed by atoms with Crippen LogP contribution in [0.25, 0.3) is 0 Å². The molecular weight excluding hydrogens is 252 g/mol. The first-order valence-electron chi connectivity index (χ1n) is 4.29. The Morgan fingerprint density at radius 2 is 1.86 bits per heavy atom. The van der Waals surface area contributed by atoms with Crippen molar-refractivity contribution in [3.05, 3.63) is 34.3 Å². The van der Waals surface area contributed by atoms with E-state index >= 15 is 0 Å². The maximum absolute atomic E-state index is 12.0. The van der Waals surface area contributed by atoms with Crippen LogP contribution in [0.4, 0.5) is 8.78 Å². The largest absolute Gasteiger partial charge is 0.297 e. The van der Waals surface area contributed by atoms with E-state index in [1.165, 1.54) is 0 Å². The normalized spacial score (nSPS) is 11.3. The Morgan fingerprint density at radius 3 is 2.36 bits per heavy atom. The van der Waals surface area contributed by atoms with Gasteiger partial charge in [0.1, 0.15) is 0 Å².